The second-order valence-corrected chi connectivity index (χ2v) is 13.1. The number of alkyl halides is 1. The molecule has 1 amide bonds. The summed E-state index contributed by atoms with van der Waals surface area (Å²) in [6.07, 6.45) is 6.00. The van der Waals surface area contributed by atoms with Crippen molar-refractivity contribution in [1.82, 2.24) is 39.7 Å². The van der Waals surface area contributed by atoms with Crippen LogP contribution in [0.1, 0.15) is 30.5 Å². The zero-order valence-electron chi connectivity index (χ0n) is 25.6. The number of amides is 1. The van der Waals surface area contributed by atoms with E-state index in [2.05, 4.69) is 83.4 Å². The van der Waals surface area contributed by atoms with Crippen LogP contribution in [0.5, 0.6) is 0 Å². The van der Waals surface area contributed by atoms with Crippen LogP contribution in [0.2, 0.25) is 0 Å². The maximum absolute atomic E-state index is 12.3. The van der Waals surface area contributed by atoms with Gasteiger partial charge in [-0.2, -0.15) is 5.26 Å². The summed E-state index contributed by atoms with van der Waals surface area (Å²) in [6, 6.07) is 20.0. The molecule has 0 bridgehead atoms. The monoisotopic (exact) mass is 740 g/mol. The summed E-state index contributed by atoms with van der Waals surface area (Å²) in [5.41, 5.74) is 10.9. The molecule has 2 fully saturated rings. The first-order valence-electron chi connectivity index (χ1n) is 15.5. The van der Waals surface area contributed by atoms with E-state index in [1.165, 1.54) is 5.56 Å². The summed E-state index contributed by atoms with van der Waals surface area (Å²) in [7, 11) is 0. The van der Waals surface area contributed by atoms with Crippen LogP contribution in [0.4, 0.5) is 17.6 Å². The van der Waals surface area contributed by atoms with Crippen LogP contribution < -0.4 is 21.3 Å². The minimum atomic E-state index is -0.00838. The lowest BCUT2D eigenvalue weighted by atomic mass is 10.0. The number of nitrogens with zero attached hydrogens (tertiary/aromatic N) is 9. The zero-order chi connectivity index (χ0) is 32.3. The van der Waals surface area contributed by atoms with E-state index in [1.54, 1.807) is 18.5 Å². The minimum absolute atomic E-state index is 0.00838. The molecule has 0 aliphatic carbocycles. The quantitative estimate of drug-likeness (QED) is 0.126. The lowest BCUT2D eigenvalue weighted by molar-refractivity contribution is -0.119. The number of nitrogens with two attached hydrogens (primary N) is 1. The number of pyridine rings is 2. The Labute approximate surface area is 285 Å². The van der Waals surface area contributed by atoms with Gasteiger partial charge >= 0.3 is 0 Å². The van der Waals surface area contributed by atoms with Crippen molar-refractivity contribution in [1.29, 1.82) is 5.26 Å². The molecular weight excluding hydrogens is 707 g/mol. The van der Waals surface area contributed by atoms with Crippen LogP contribution in [-0.2, 0) is 11.3 Å². The molecule has 1 aromatic carbocycles. The number of anilines is 3. The predicted molar refractivity (Wildman–Crippen MR) is 188 cm³/mol. The van der Waals surface area contributed by atoms with Crippen LogP contribution in [0, 0.1) is 11.3 Å². The largest absolute Gasteiger partial charge is 0.383 e. The van der Waals surface area contributed by atoms with E-state index in [0.29, 0.717) is 39.5 Å². The van der Waals surface area contributed by atoms with Crippen molar-refractivity contribution in [2.45, 2.75) is 35.9 Å². The Hall–Kier alpha value is -4.88. The number of imidazole rings is 1. The van der Waals surface area contributed by atoms with Gasteiger partial charge in [-0.05, 0) is 67.3 Å². The number of halogens is 1. The molecule has 13 nitrogen and oxygen atoms in total. The average molecular weight is 741 g/mol. The van der Waals surface area contributed by atoms with E-state index in [0.717, 1.165) is 61.5 Å². The minimum Gasteiger partial charge on any atom is -0.383 e. The normalized spacial score (nSPS) is 18.8. The van der Waals surface area contributed by atoms with E-state index in [-0.39, 0.29) is 18.5 Å². The van der Waals surface area contributed by atoms with Crippen molar-refractivity contribution in [2.75, 3.05) is 42.1 Å². The van der Waals surface area contributed by atoms with E-state index < -0.39 is 0 Å². The molecular formula is C33H33IN12O. The molecule has 0 saturated carbocycles. The third-order valence-electron chi connectivity index (χ3n) is 8.48. The fourth-order valence-corrected chi connectivity index (χ4v) is 7.18. The van der Waals surface area contributed by atoms with Crippen LogP contribution in [0.15, 0.2) is 67.0 Å². The number of hydrogen-bond donors (Lipinski definition) is 3. The van der Waals surface area contributed by atoms with Crippen molar-refractivity contribution >= 4 is 57.2 Å². The summed E-state index contributed by atoms with van der Waals surface area (Å²) >= 11 is 2.51. The van der Waals surface area contributed by atoms with Crippen molar-refractivity contribution in [3.05, 3.63) is 78.2 Å². The van der Waals surface area contributed by atoms with Gasteiger partial charge in [-0.1, -0.05) is 34.7 Å². The van der Waals surface area contributed by atoms with Crippen LogP contribution >= 0.6 is 22.6 Å². The number of piperidine rings is 1. The molecule has 2 unspecified atom stereocenters. The number of likely N-dealkylation sites (tertiary alicyclic amines) is 1. The lowest BCUT2D eigenvalue weighted by Gasteiger charge is -2.36. The summed E-state index contributed by atoms with van der Waals surface area (Å²) in [6.45, 7) is 3.38. The molecule has 14 heteroatoms. The number of nitrogen functional groups attached to an aromatic ring is 1. The van der Waals surface area contributed by atoms with Crippen molar-refractivity contribution in [3.63, 3.8) is 0 Å². The zero-order valence-corrected chi connectivity index (χ0v) is 27.7. The molecule has 0 radical (unpaired) electrons. The fraction of sp³-hybridized carbons (Fsp3) is 0.303. The predicted octanol–water partition coefficient (Wildman–Crippen LogP) is 3.89. The first kappa shape index (κ1) is 30.8. The molecule has 2 atom stereocenters. The Morgan fingerprint density at radius 3 is 2.72 bits per heavy atom. The first-order valence-corrected chi connectivity index (χ1v) is 16.8. The summed E-state index contributed by atoms with van der Waals surface area (Å²) in [5, 5.41) is 15.5. The number of aromatic nitrogens is 6. The van der Waals surface area contributed by atoms with Crippen LogP contribution in [-0.4, -0.2) is 76.6 Å². The SMILES string of the molecule is N#Cc1ccnc(NC2CCN(Cc3ccc(-n4c(-c5cccnc5N)nc5ccc(N6CCCNC(=O)C6)nc54)cc3)C(I)C2)n1. The smallest absolute Gasteiger partial charge is 0.239 e. The van der Waals surface area contributed by atoms with Crippen molar-refractivity contribution in [3.8, 4) is 23.1 Å². The van der Waals surface area contributed by atoms with Gasteiger partial charge in [0.15, 0.2) is 11.5 Å². The summed E-state index contributed by atoms with van der Waals surface area (Å²) < 4.78 is 2.34. The highest BCUT2D eigenvalue weighted by Crippen LogP contribution is 2.32. The molecule has 7 rings (SSSR count). The van der Waals surface area contributed by atoms with E-state index >= 15 is 0 Å². The number of benzene rings is 1. The van der Waals surface area contributed by atoms with Gasteiger partial charge in [0.1, 0.15) is 28.9 Å². The number of carbonyl (C=O) groups is 1. The number of hydrogen-bond acceptors (Lipinski definition) is 11. The van der Waals surface area contributed by atoms with Crippen molar-refractivity contribution in [2.24, 2.45) is 0 Å². The maximum atomic E-state index is 12.3. The summed E-state index contributed by atoms with van der Waals surface area (Å²) in [5.74, 6) is 2.27. The lowest BCUT2D eigenvalue weighted by Crippen LogP contribution is -2.43. The second kappa shape index (κ2) is 13.5. The molecule has 5 aromatic rings. The van der Waals surface area contributed by atoms with Gasteiger partial charge in [-0.15, -0.1) is 0 Å². The van der Waals surface area contributed by atoms with E-state index in [1.807, 2.05) is 33.7 Å². The van der Waals surface area contributed by atoms with Crippen molar-refractivity contribution < 1.29 is 4.79 Å². The standard InChI is InChI=1S/C33H33IN12O/c34-27-17-22(40-33-39-14-10-23(18-35)41-33)11-16-44(27)19-21-4-6-24(7-5-21)46-31(25-3-1-12-38-30(25)36)42-26-8-9-28(43-32(26)46)45-15-2-13-37-29(47)20-45/h1,3-10,12,14,22,27H,2,11,13,15-17,19-20H2,(H2,36,38)(H,37,47)(H,39,40,41). The Bertz CT molecular complexity index is 1960. The van der Waals surface area contributed by atoms with Gasteiger partial charge < -0.3 is 21.3 Å². The molecule has 0 spiro atoms. The highest BCUT2D eigenvalue weighted by molar-refractivity contribution is 14.1. The molecule has 2 aliphatic rings. The van der Waals surface area contributed by atoms with Gasteiger partial charge in [0.2, 0.25) is 11.9 Å². The molecule has 4 N–H and O–H groups in total. The number of nitrogens with one attached hydrogen (secondary N) is 2. The molecule has 2 saturated heterocycles. The maximum Gasteiger partial charge on any atom is 0.239 e. The van der Waals surface area contributed by atoms with Crippen LogP contribution in [0.3, 0.4) is 0 Å². The Morgan fingerprint density at radius 1 is 1.04 bits per heavy atom. The number of nitriles is 1. The van der Waals surface area contributed by atoms with E-state index in [4.69, 9.17) is 21.0 Å². The summed E-state index contributed by atoms with van der Waals surface area (Å²) in [4.78, 5) is 39.7. The highest BCUT2D eigenvalue weighted by Gasteiger charge is 2.27. The first-order chi connectivity index (χ1) is 22.9. The molecule has 2 aliphatic heterocycles. The highest BCUT2D eigenvalue weighted by atomic mass is 127. The molecule has 47 heavy (non-hydrogen) atoms. The van der Waals surface area contributed by atoms with Gasteiger partial charge in [-0.25, -0.2) is 24.9 Å². The fourth-order valence-electron chi connectivity index (χ4n) is 6.09. The van der Waals surface area contributed by atoms with E-state index in [9.17, 15) is 4.79 Å². The third kappa shape index (κ3) is 6.67. The molecule has 238 valence electrons. The Balaban J connectivity index is 1.14. The van der Waals surface area contributed by atoms with Gasteiger partial charge in [-0.3, -0.25) is 14.3 Å². The van der Waals surface area contributed by atoms with Gasteiger partial charge in [0.05, 0.1) is 16.2 Å². The third-order valence-corrected chi connectivity index (χ3v) is 9.77. The number of fused-ring (bicyclic) bond motifs is 1. The average Bonchev–Trinajstić information content (AvgIpc) is 3.32. The molecule has 4 aromatic heterocycles. The number of carbonyl (C=O) groups excluding carboxylic acids is 1. The molecule has 6 heterocycles. The Kier molecular flexibility index (Phi) is 8.81. The van der Waals surface area contributed by atoms with Gasteiger partial charge in [0.25, 0.3) is 0 Å². The van der Waals surface area contributed by atoms with Gasteiger partial charge in [0, 0.05) is 50.3 Å². The topological polar surface area (TPSA) is 167 Å². The number of rotatable bonds is 7. The second-order valence-electron chi connectivity index (χ2n) is 11.7. The van der Waals surface area contributed by atoms with Crippen LogP contribution in [0.25, 0.3) is 28.2 Å². The Morgan fingerprint density at radius 2 is 1.91 bits per heavy atom.